The summed E-state index contributed by atoms with van der Waals surface area (Å²) in [5.41, 5.74) is 2.38. The van der Waals surface area contributed by atoms with Gasteiger partial charge in [-0.25, -0.2) is 4.39 Å². The number of hydrogen-bond acceptors (Lipinski definition) is 4. The van der Waals surface area contributed by atoms with Gasteiger partial charge in [0.1, 0.15) is 5.82 Å². The predicted molar refractivity (Wildman–Crippen MR) is 102 cm³/mol. The quantitative estimate of drug-likeness (QED) is 0.718. The highest BCUT2D eigenvalue weighted by Gasteiger charge is 2.23. The molecule has 5 nitrogen and oxygen atoms in total. The highest BCUT2D eigenvalue weighted by molar-refractivity contribution is 5.94. The zero-order valence-corrected chi connectivity index (χ0v) is 14.8. The number of anilines is 1. The smallest absolute Gasteiger partial charge is 0.253 e. The molecule has 1 fully saturated rings. The van der Waals surface area contributed by atoms with Crippen molar-refractivity contribution in [3.05, 3.63) is 78.1 Å². The molecule has 27 heavy (non-hydrogen) atoms. The molecule has 1 saturated heterocycles. The van der Waals surface area contributed by atoms with Crippen molar-refractivity contribution in [2.45, 2.75) is 0 Å². The van der Waals surface area contributed by atoms with Gasteiger partial charge in [0.25, 0.3) is 5.91 Å². The second-order valence-corrected chi connectivity index (χ2v) is 6.43. The number of carbonyl (C=O) groups is 1. The van der Waals surface area contributed by atoms with E-state index in [-0.39, 0.29) is 11.7 Å². The van der Waals surface area contributed by atoms with E-state index in [1.54, 1.807) is 4.90 Å². The number of benzene rings is 2. The molecule has 0 aliphatic carbocycles. The first kappa shape index (κ1) is 17.1. The van der Waals surface area contributed by atoms with Crippen LogP contribution in [-0.4, -0.2) is 47.2 Å². The van der Waals surface area contributed by atoms with E-state index in [1.165, 1.54) is 24.3 Å². The number of halogens is 1. The fourth-order valence-electron chi connectivity index (χ4n) is 3.17. The summed E-state index contributed by atoms with van der Waals surface area (Å²) in [6, 6.07) is 19.5. The minimum absolute atomic E-state index is 0.0693. The summed E-state index contributed by atoms with van der Waals surface area (Å²) in [6.45, 7) is 2.56. The van der Waals surface area contributed by atoms with Crippen molar-refractivity contribution in [1.29, 1.82) is 0 Å². The van der Waals surface area contributed by atoms with Crippen LogP contribution in [0.2, 0.25) is 0 Å². The van der Waals surface area contributed by atoms with Crippen LogP contribution < -0.4 is 4.90 Å². The first-order chi connectivity index (χ1) is 13.2. The van der Waals surface area contributed by atoms with Gasteiger partial charge in [0, 0.05) is 37.3 Å². The number of piperazine rings is 1. The average molecular weight is 362 g/mol. The van der Waals surface area contributed by atoms with E-state index in [0.717, 1.165) is 17.1 Å². The largest absolute Gasteiger partial charge is 0.352 e. The van der Waals surface area contributed by atoms with E-state index in [9.17, 15) is 9.18 Å². The number of carbonyl (C=O) groups excluding carboxylic acids is 1. The Labute approximate surface area is 157 Å². The summed E-state index contributed by atoms with van der Waals surface area (Å²) in [7, 11) is 0. The normalized spacial score (nSPS) is 14.3. The molecule has 0 spiro atoms. The third-order valence-corrected chi connectivity index (χ3v) is 4.70. The number of amides is 1. The van der Waals surface area contributed by atoms with Gasteiger partial charge in [-0.15, -0.1) is 10.2 Å². The zero-order valence-electron chi connectivity index (χ0n) is 14.8. The molecule has 0 saturated carbocycles. The summed E-state index contributed by atoms with van der Waals surface area (Å²) in [5.74, 6) is 0.401. The molecule has 1 aliphatic heterocycles. The lowest BCUT2D eigenvalue weighted by Crippen LogP contribution is -2.49. The van der Waals surface area contributed by atoms with Crippen LogP contribution >= 0.6 is 0 Å². The van der Waals surface area contributed by atoms with Crippen LogP contribution in [0.1, 0.15) is 10.4 Å². The lowest BCUT2D eigenvalue weighted by molar-refractivity contribution is 0.0746. The molecule has 136 valence electrons. The monoisotopic (exact) mass is 362 g/mol. The van der Waals surface area contributed by atoms with E-state index in [1.807, 2.05) is 42.5 Å². The van der Waals surface area contributed by atoms with Gasteiger partial charge in [-0.2, -0.15) is 0 Å². The minimum atomic E-state index is -0.339. The Hall–Kier alpha value is -3.28. The number of aromatic nitrogens is 2. The van der Waals surface area contributed by atoms with Gasteiger partial charge < -0.3 is 9.80 Å². The first-order valence-electron chi connectivity index (χ1n) is 8.90. The van der Waals surface area contributed by atoms with E-state index < -0.39 is 0 Å². The van der Waals surface area contributed by atoms with Crippen LogP contribution in [0.15, 0.2) is 66.7 Å². The van der Waals surface area contributed by atoms with Crippen LogP contribution in [0.3, 0.4) is 0 Å². The van der Waals surface area contributed by atoms with E-state index >= 15 is 0 Å². The van der Waals surface area contributed by atoms with Gasteiger partial charge in [-0.3, -0.25) is 4.79 Å². The van der Waals surface area contributed by atoms with Crippen molar-refractivity contribution >= 4 is 11.7 Å². The third kappa shape index (κ3) is 3.79. The van der Waals surface area contributed by atoms with Gasteiger partial charge in [-0.05, 0) is 36.4 Å². The first-order valence-corrected chi connectivity index (χ1v) is 8.90. The van der Waals surface area contributed by atoms with Crippen LogP contribution in [0.4, 0.5) is 10.2 Å². The van der Waals surface area contributed by atoms with Crippen LogP contribution in [-0.2, 0) is 0 Å². The average Bonchev–Trinajstić information content (AvgIpc) is 2.75. The molecule has 1 aromatic heterocycles. The SMILES string of the molecule is O=C(c1ccc(F)cc1)N1CCN(c2ccc(-c3ccccc3)nn2)CC1. The Morgan fingerprint density at radius 2 is 1.52 bits per heavy atom. The Kier molecular flexibility index (Phi) is 4.78. The molecule has 0 N–H and O–H groups in total. The Bertz CT molecular complexity index is 905. The van der Waals surface area contributed by atoms with Crippen molar-refractivity contribution < 1.29 is 9.18 Å². The second-order valence-electron chi connectivity index (χ2n) is 6.43. The van der Waals surface area contributed by atoms with Crippen molar-refractivity contribution in [3.8, 4) is 11.3 Å². The summed E-state index contributed by atoms with van der Waals surface area (Å²) in [6.07, 6.45) is 0. The van der Waals surface area contributed by atoms with Gasteiger partial charge >= 0.3 is 0 Å². The Balaban J connectivity index is 1.39. The molecule has 3 aromatic rings. The standard InChI is InChI=1S/C21H19FN4O/c22-18-8-6-17(7-9-18)21(27)26-14-12-25(13-15-26)20-11-10-19(23-24-20)16-4-2-1-3-5-16/h1-11H,12-15H2. The topological polar surface area (TPSA) is 49.3 Å². The van der Waals surface area contributed by atoms with Gasteiger partial charge in [0.05, 0.1) is 5.69 Å². The van der Waals surface area contributed by atoms with Crippen molar-refractivity contribution in [2.75, 3.05) is 31.1 Å². The van der Waals surface area contributed by atoms with Crippen molar-refractivity contribution in [1.82, 2.24) is 15.1 Å². The molecule has 4 rings (SSSR count). The minimum Gasteiger partial charge on any atom is -0.352 e. The molecule has 6 heteroatoms. The molecular formula is C21H19FN4O. The molecular weight excluding hydrogens is 343 g/mol. The third-order valence-electron chi connectivity index (χ3n) is 4.70. The molecule has 1 aliphatic rings. The summed E-state index contributed by atoms with van der Waals surface area (Å²) in [5, 5.41) is 8.67. The maximum atomic E-state index is 13.0. The van der Waals surface area contributed by atoms with Crippen LogP contribution in [0.25, 0.3) is 11.3 Å². The molecule has 2 heterocycles. The van der Waals surface area contributed by atoms with E-state index in [4.69, 9.17) is 0 Å². The maximum Gasteiger partial charge on any atom is 0.253 e. The lowest BCUT2D eigenvalue weighted by Gasteiger charge is -2.35. The van der Waals surface area contributed by atoms with Crippen molar-refractivity contribution in [3.63, 3.8) is 0 Å². The zero-order chi connectivity index (χ0) is 18.6. The number of rotatable bonds is 3. The second kappa shape index (κ2) is 7.53. The fraction of sp³-hybridized carbons (Fsp3) is 0.190. The van der Waals surface area contributed by atoms with Crippen LogP contribution in [0, 0.1) is 5.82 Å². The van der Waals surface area contributed by atoms with E-state index in [2.05, 4.69) is 15.1 Å². The van der Waals surface area contributed by atoms with Crippen LogP contribution in [0.5, 0.6) is 0 Å². The Morgan fingerprint density at radius 1 is 0.815 bits per heavy atom. The maximum absolute atomic E-state index is 13.0. The van der Waals surface area contributed by atoms with Gasteiger partial charge in [0.2, 0.25) is 0 Å². The van der Waals surface area contributed by atoms with Gasteiger partial charge in [0.15, 0.2) is 5.82 Å². The highest BCUT2D eigenvalue weighted by Crippen LogP contribution is 2.19. The highest BCUT2D eigenvalue weighted by atomic mass is 19.1. The molecule has 0 radical (unpaired) electrons. The summed E-state index contributed by atoms with van der Waals surface area (Å²) in [4.78, 5) is 16.4. The van der Waals surface area contributed by atoms with E-state index in [0.29, 0.717) is 31.7 Å². The molecule has 2 aromatic carbocycles. The molecule has 0 bridgehead atoms. The van der Waals surface area contributed by atoms with Gasteiger partial charge in [-0.1, -0.05) is 30.3 Å². The summed E-state index contributed by atoms with van der Waals surface area (Å²) >= 11 is 0. The lowest BCUT2D eigenvalue weighted by atomic mass is 10.1. The summed E-state index contributed by atoms with van der Waals surface area (Å²) < 4.78 is 13.0. The van der Waals surface area contributed by atoms with Crippen molar-refractivity contribution in [2.24, 2.45) is 0 Å². The number of hydrogen-bond donors (Lipinski definition) is 0. The molecule has 0 atom stereocenters. The number of nitrogens with zero attached hydrogens (tertiary/aromatic N) is 4. The predicted octanol–water partition coefficient (Wildman–Crippen LogP) is 3.25. The fourth-order valence-corrected chi connectivity index (χ4v) is 3.17. The Morgan fingerprint density at radius 3 is 2.15 bits per heavy atom. The molecule has 0 unspecified atom stereocenters. The molecule has 1 amide bonds.